The van der Waals surface area contributed by atoms with E-state index in [1.807, 2.05) is 13.8 Å². The van der Waals surface area contributed by atoms with Crippen LogP contribution in [0.2, 0.25) is 0 Å². The number of amidine groups is 1. The van der Waals surface area contributed by atoms with Gasteiger partial charge in [0.1, 0.15) is 11.4 Å². The number of carbonyl (C=O) groups excluding carboxylic acids is 1. The number of nitrogens with two attached hydrogens (primary N) is 1. The average Bonchev–Trinajstić information content (AvgIpc) is 2.87. The van der Waals surface area contributed by atoms with Crippen LogP contribution >= 0.6 is 0 Å². The molecule has 0 saturated heterocycles. The second-order valence-corrected chi connectivity index (χ2v) is 5.12. The molecular weight excluding hydrogens is 214 g/mol. The van der Waals surface area contributed by atoms with Crippen LogP contribution in [0.4, 0.5) is 4.79 Å². The van der Waals surface area contributed by atoms with Crippen LogP contribution < -0.4 is 5.73 Å². The Bertz CT molecular complexity index is 403. The molecule has 1 aliphatic heterocycles. The van der Waals surface area contributed by atoms with E-state index in [1.165, 1.54) is 12.8 Å². The van der Waals surface area contributed by atoms with E-state index in [9.17, 15) is 4.79 Å². The summed E-state index contributed by atoms with van der Waals surface area (Å²) < 4.78 is 0. The van der Waals surface area contributed by atoms with E-state index in [1.54, 1.807) is 4.90 Å². The lowest BCUT2D eigenvalue weighted by atomic mass is 9.81. The van der Waals surface area contributed by atoms with Crippen LogP contribution in [-0.4, -0.2) is 28.3 Å². The highest BCUT2D eigenvalue weighted by molar-refractivity contribution is 6.06. The first-order valence-electron chi connectivity index (χ1n) is 6.16. The maximum atomic E-state index is 11.9. The number of rotatable bonds is 2. The van der Waals surface area contributed by atoms with Crippen LogP contribution in [0.25, 0.3) is 0 Å². The molecule has 4 nitrogen and oxygen atoms in total. The number of urea groups is 1. The number of nitrogens with zero attached hydrogens (tertiary/aromatic N) is 2. The molecule has 2 atom stereocenters. The smallest absolute Gasteiger partial charge is 0.347 e. The van der Waals surface area contributed by atoms with Crippen molar-refractivity contribution >= 4 is 11.9 Å². The van der Waals surface area contributed by atoms with E-state index in [2.05, 4.69) is 10.9 Å². The maximum absolute atomic E-state index is 11.9. The maximum Gasteiger partial charge on any atom is 0.347 e. The Hall–Kier alpha value is -1.50. The summed E-state index contributed by atoms with van der Waals surface area (Å²) in [5.41, 5.74) is 5.50. The van der Waals surface area contributed by atoms with Crippen molar-refractivity contribution < 1.29 is 4.79 Å². The van der Waals surface area contributed by atoms with E-state index in [4.69, 9.17) is 12.2 Å². The van der Waals surface area contributed by atoms with Crippen molar-refractivity contribution in [3.8, 4) is 12.3 Å². The average molecular weight is 233 g/mol. The number of amides is 2. The fourth-order valence-electron chi connectivity index (χ4n) is 3.13. The number of hydrogen-bond acceptors (Lipinski definition) is 2. The quantitative estimate of drug-likeness (QED) is 0.739. The Balaban J connectivity index is 2.37. The number of terminal acetylenes is 1. The molecule has 17 heavy (non-hydrogen) atoms. The molecule has 1 fully saturated rings. The predicted octanol–water partition coefficient (Wildman–Crippen LogP) is 1.75. The molecule has 2 rings (SSSR count). The van der Waals surface area contributed by atoms with Crippen molar-refractivity contribution in [1.82, 2.24) is 4.90 Å². The first-order chi connectivity index (χ1) is 8.01. The van der Waals surface area contributed by atoms with Gasteiger partial charge in [-0.25, -0.2) is 4.79 Å². The highest BCUT2D eigenvalue weighted by Gasteiger charge is 2.51. The number of hydrogen-bond donors (Lipinski definition) is 1. The molecule has 0 bridgehead atoms. The van der Waals surface area contributed by atoms with Crippen LogP contribution in [0.15, 0.2) is 4.99 Å². The molecular formula is C13H19N3O. The minimum absolute atomic E-state index is 0.266. The van der Waals surface area contributed by atoms with Gasteiger partial charge in [0.25, 0.3) is 0 Å². The van der Waals surface area contributed by atoms with Gasteiger partial charge in [-0.15, -0.1) is 6.42 Å². The molecule has 0 spiro atoms. The molecule has 0 aromatic carbocycles. The minimum Gasteiger partial charge on any atom is -0.385 e. The molecule has 2 unspecified atom stereocenters. The topological polar surface area (TPSA) is 58.7 Å². The van der Waals surface area contributed by atoms with Crippen molar-refractivity contribution in [2.75, 3.05) is 0 Å². The molecule has 4 heteroatoms. The zero-order chi connectivity index (χ0) is 12.6. The van der Waals surface area contributed by atoms with Gasteiger partial charge in [-0.1, -0.05) is 18.8 Å². The van der Waals surface area contributed by atoms with Crippen molar-refractivity contribution in [2.24, 2.45) is 16.6 Å². The van der Waals surface area contributed by atoms with Gasteiger partial charge in [-0.2, -0.15) is 4.99 Å². The van der Waals surface area contributed by atoms with E-state index < -0.39 is 5.54 Å². The zero-order valence-corrected chi connectivity index (χ0v) is 10.4. The van der Waals surface area contributed by atoms with Gasteiger partial charge in [-0.05, 0) is 32.6 Å². The molecule has 0 aromatic rings. The Morgan fingerprint density at radius 3 is 2.71 bits per heavy atom. The van der Waals surface area contributed by atoms with Crippen molar-refractivity contribution in [2.45, 2.75) is 51.1 Å². The van der Waals surface area contributed by atoms with Gasteiger partial charge >= 0.3 is 6.03 Å². The highest BCUT2D eigenvalue weighted by atomic mass is 16.2. The highest BCUT2D eigenvalue weighted by Crippen LogP contribution is 2.41. The van der Waals surface area contributed by atoms with Crippen molar-refractivity contribution in [3.63, 3.8) is 0 Å². The molecule has 1 heterocycles. The monoisotopic (exact) mass is 233 g/mol. The van der Waals surface area contributed by atoms with E-state index in [0.717, 1.165) is 12.8 Å². The third-order valence-electron chi connectivity index (χ3n) is 4.22. The Morgan fingerprint density at radius 2 is 2.18 bits per heavy atom. The Labute approximate surface area is 102 Å². The molecule has 92 valence electrons. The SMILES string of the molecule is C#CC(C)N1C(=O)N=C(N)C1(C)C1CCCC1. The van der Waals surface area contributed by atoms with Gasteiger partial charge in [0.15, 0.2) is 0 Å². The lowest BCUT2D eigenvalue weighted by molar-refractivity contribution is 0.130. The first kappa shape index (κ1) is 12.0. The molecule has 1 aliphatic carbocycles. The third-order valence-corrected chi connectivity index (χ3v) is 4.22. The fourth-order valence-corrected chi connectivity index (χ4v) is 3.13. The molecule has 2 amide bonds. The fraction of sp³-hybridized carbons (Fsp3) is 0.692. The molecule has 0 radical (unpaired) electrons. The van der Waals surface area contributed by atoms with Crippen LogP contribution in [0, 0.1) is 18.3 Å². The lowest BCUT2D eigenvalue weighted by Gasteiger charge is -2.41. The summed E-state index contributed by atoms with van der Waals surface area (Å²) in [4.78, 5) is 17.5. The number of carbonyl (C=O) groups is 1. The minimum atomic E-state index is -0.487. The first-order valence-corrected chi connectivity index (χ1v) is 6.16. The van der Waals surface area contributed by atoms with Crippen LogP contribution in [0.5, 0.6) is 0 Å². The standard InChI is InChI=1S/C13H19N3O/c1-4-9(2)16-12(17)15-11(14)13(16,3)10-7-5-6-8-10/h1,9-10H,5-8H2,2-3H3,(H2,14,15,17). The van der Waals surface area contributed by atoms with Crippen LogP contribution in [-0.2, 0) is 0 Å². The van der Waals surface area contributed by atoms with Crippen LogP contribution in [0.1, 0.15) is 39.5 Å². The molecule has 1 saturated carbocycles. The van der Waals surface area contributed by atoms with E-state index in [-0.39, 0.29) is 12.1 Å². The Morgan fingerprint density at radius 1 is 1.59 bits per heavy atom. The predicted molar refractivity (Wildman–Crippen MR) is 67.5 cm³/mol. The third kappa shape index (κ3) is 1.61. The summed E-state index contributed by atoms with van der Waals surface area (Å²) in [5.74, 6) is 3.42. The van der Waals surface area contributed by atoms with Gasteiger partial charge in [0.05, 0.1) is 6.04 Å². The van der Waals surface area contributed by atoms with Crippen LogP contribution in [0.3, 0.4) is 0 Å². The summed E-state index contributed by atoms with van der Waals surface area (Å²) in [7, 11) is 0. The summed E-state index contributed by atoms with van der Waals surface area (Å²) in [6.45, 7) is 3.85. The van der Waals surface area contributed by atoms with Gasteiger partial charge < -0.3 is 5.73 Å². The summed E-state index contributed by atoms with van der Waals surface area (Å²) in [6.07, 6.45) is 10.0. The van der Waals surface area contributed by atoms with Gasteiger partial charge in [0, 0.05) is 0 Å². The second kappa shape index (κ2) is 4.06. The molecule has 2 N–H and O–H groups in total. The largest absolute Gasteiger partial charge is 0.385 e. The van der Waals surface area contributed by atoms with Crippen molar-refractivity contribution in [3.05, 3.63) is 0 Å². The van der Waals surface area contributed by atoms with E-state index >= 15 is 0 Å². The normalized spacial score (nSPS) is 31.5. The van der Waals surface area contributed by atoms with E-state index in [0.29, 0.717) is 11.8 Å². The summed E-state index contributed by atoms with van der Waals surface area (Å²) >= 11 is 0. The molecule has 0 aromatic heterocycles. The zero-order valence-electron chi connectivity index (χ0n) is 10.4. The van der Waals surface area contributed by atoms with Gasteiger partial charge in [0.2, 0.25) is 0 Å². The molecule has 2 aliphatic rings. The Kier molecular flexibility index (Phi) is 2.86. The summed E-state index contributed by atoms with van der Waals surface area (Å²) in [5, 5.41) is 0. The van der Waals surface area contributed by atoms with Gasteiger partial charge in [-0.3, -0.25) is 4.90 Å². The lowest BCUT2D eigenvalue weighted by Crippen LogP contribution is -2.58. The number of aliphatic imine (C=N–C) groups is 1. The second-order valence-electron chi connectivity index (χ2n) is 5.12. The van der Waals surface area contributed by atoms with Crippen molar-refractivity contribution in [1.29, 1.82) is 0 Å². The summed E-state index contributed by atoms with van der Waals surface area (Å²) in [6, 6.07) is -0.555.